The summed E-state index contributed by atoms with van der Waals surface area (Å²) < 4.78 is 6.72. The van der Waals surface area contributed by atoms with Gasteiger partial charge < -0.3 is 9.64 Å². The van der Waals surface area contributed by atoms with Gasteiger partial charge in [-0.1, -0.05) is 66.7 Å². The molecule has 0 saturated carbocycles. The van der Waals surface area contributed by atoms with E-state index >= 15 is 0 Å². The minimum absolute atomic E-state index is 0.766. The van der Waals surface area contributed by atoms with Crippen LogP contribution in [0.1, 0.15) is 5.56 Å². The Morgan fingerprint density at radius 2 is 1.68 bits per heavy atom. The zero-order valence-corrected chi connectivity index (χ0v) is 16.8. The summed E-state index contributed by atoms with van der Waals surface area (Å²) in [6.45, 7) is 0.864. The number of fused-ring (bicyclic) bond motifs is 5. The van der Waals surface area contributed by atoms with Crippen LogP contribution in [-0.4, -0.2) is 18.1 Å². The highest BCUT2D eigenvalue weighted by atomic mass is 16.5. The molecule has 0 aliphatic carbocycles. The van der Waals surface area contributed by atoms with Crippen molar-refractivity contribution < 1.29 is 4.74 Å². The van der Waals surface area contributed by atoms with Crippen LogP contribution in [0.4, 0.5) is 11.4 Å². The van der Waals surface area contributed by atoms with Gasteiger partial charge in [-0.05, 0) is 41.6 Å². The van der Waals surface area contributed by atoms with Crippen LogP contribution in [0.2, 0.25) is 0 Å². The van der Waals surface area contributed by atoms with Gasteiger partial charge in [0.1, 0.15) is 11.4 Å². The minimum atomic E-state index is -0.962. The van der Waals surface area contributed by atoms with Crippen LogP contribution in [0.15, 0.2) is 94.9 Å². The Bertz CT molecular complexity index is 1500. The molecular formula is C27H19N3O. The van der Waals surface area contributed by atoms with Crippen LogP contribution in [0.5, 0.6) is 5.75 Å². The van der Waals surface area contributed by atoms with Crippen molar-refractivity contribution in [3.8, 4) is 5.75 Å². The van der Waals surface area contributed by atoms with Gasteiger partial charge in [0, 0.05) is 22.8 Å². The molecule has 3 heterocycles. The van der Waals surface area contributed by atoms with Gasteiger partial charge in [-0.3, -0.25) is 0 Å². The zero-order valence-electron chi connectivity index (χ0n) is 16.8. The number of benzene rings is 4. The van der Waals surface area contributed by atoms with E-state index in [2.05, 4.69) is 71.6 Å². The van der Waals surface area contributed by atoms with Gasteiger partial charge in [-0.25, -0.2) is 9.98 Å². The van der Waals surface area contributed by atoms with Crippen molar-refractivity contribution >= 4 is 34.1 Å². The number of anilines is 1. The van der Waals surface area contributed by atoms with Gasteiger partial charge in [0.15, 0.2) is 5.84 Å². The highest BCUT2D eigenvalue weighted by Gasteiger charge is 2.46. The van der Waals surface area contributed by atoms with Gasteiger partial charge in [0.25, 0.3) is 5.72 Å². The Balaban J connectivity index is 1.52. The predicted octanol–water partition coefficient (Wildman–Crippen LogP) is 4.14. The van der Waals surface area contributed by atoms with Crippen LogP contribution < -0.4 is 20.2 Å². The van der Waals surface area contributed by atoms with Gasteiger partial charge in [0.2, 0.25) is 0 Å². The molecular weight excluding hydrogens is 382 g/mol. The molecule has 3 aliphatic heterocycles. The molecule has 148 valence electrons. The highest BCUT2D eigenvalue weighted by molar-refractivity contribution is 6.13. The fourth-order valence-corrected chi connectivity index (χ4v) is 4.94. The smallest absolute Gasteiger partial charge is 0.279 e. The lowest BCUT2D eigenvalue weighted by Gasteiger charge is -2.36. The molecule has 0 radical (unpaired) electrons. The summed E-state index contributed by atoms with van der Waals surface area (Å²) in [6, 6.07) is 29.2. The number of para-hydroxylation sites is 2. The number of amidine groups is 1. The maximum absolute atomic E-state index is 6.72. The lowest BCUT2D eigenvalue weighted by atomic mass is 10.0. The zero-order chi connectivity index (χ0) is 20.4. The number of aliphatic imine (C=N–C) groups is 1. The fourth-order valence-electron chi connectivity index (χ4n) is 4.94. The average Bonchev–Trinajstić information content (AvgIpc) is 3.40. The van der Waals surface area contributed by atoms with E-state index in [9.17, 15) is 0 Å². The second-order valence-electron chi connectivity index (χ2n) is 8.21. The topological polar surface area (TPSA) is 37.2 Å². The average molecular weight is 401 g/mol. The third kappa shape index (κ3) is 2.36. The number of hydrogen-bond donors (Lipinski definition) is 0. The molecule has 0 amide bonds. The standard InChI is InChI=1S/C27H19N3O/c1-4-10-21-18(7-1)13-14-24-25(21)28-26(30-16-15-19-8-3-6-12-23(19)30)27(31-24)17-20-9-2-5-11-22(20)29-27/h1-14,17H,15-16H2. The Hall–Kier alpha value is -3.92. The second-order valence-corrected chi connectivity index (χ2v) is 8.21. The molecule has 0 fully saturated rings. The van der Waals surface area contributed by atoms with E-state index in [1.807, 2.05) is 24.3 Å². The van der Waals surface area contributed by atoms with Crippen LogP contribution in [0.3, 0.4) is 0 Å². The molecule has 0 bridgehead atoms. The van der Waals surface area contributed by atoms with Crippen LogP contribution in [-0.2, 0) is 6.42 Å². The Labute approximate surface area is 179 Å². The molecule has 31 heavy (non-hydrogen) atoms. The molecule has 1 atom stereocenters. The maximum atomic E-state index is 6.72. The van der Waals surface area contributed by atoms with Crippen molar-refractivity contribution in [3.63, 3.8) is 0 Å². The van der Waals surface area contributed by atoms with E-state index in [0.717, 1.165) is 51.6 Å². The first kappa shape index (κ1) is 16.8. The number of rotatable bonds is 0. The summed E-state index contributed by atoms with van der Waals surface area (Å²) in [7, 11) is 0. The Morgan fingerprint density at radius 3 is 2.65 bits per heavy atom. The molecule has 7 rings (SSSR count). The number of nitrogens with zero attached hydrogens (tertiary/aromatic N) is 3. The normalized spacial score (nSPS) is 20.4. The first-order valence-corrected chi connectivity index (χ1v) is 10.6. The Kier molecular flexibility index (Phi) is 3.28. The van der Waals surface area contributed by atoms with Crippen LogP contribution >= 0.6 is 0 Å². The lowest BCUT2D eigenvalue weighted by Crippen LogP contribution is -2.51. The summed E-state index contributed by atoms with van der Waals surface area (Å²) in [4.78, 5) is 12.6. The monoisotopic (exact) mass is 401 g/mol. The summed E-state index contributed by atoms with van der Waals surface area (Å²) in [5.74, 6) is 1.60. The number of ether oxygens (including phenoxy) is 1. The van der Waals surface area contributed by atoms with Gasteiger partial charge in [0.05, 0.1) is 5.36 Å². The third-order valence-corrected chi connectivity index (χ3v) is 6.38. The number of hydrogen-bond acceptors (Lipinski definition) is 4. The second kappa shape index (κ2) is 6.05. The third-order valence-electron chi connectivity index (χ3n) is 6.38. The highest BCUT2D eigenvalue weighted by Crippen LogP contribution is 2.45. The predicted molar refractivity (Wildman–Crippen MR) is 124 cm³/mol. The molecule has 1 spiro atoms. The van der Waals surface area contributed by atoms with E-state index in [1.165, 1.54) is 11.3 Å². The van der Waals surface area contributed by atoms with Gasteiger partial charge in [-0.15, -0.1) is 0 Å². The van der Waals surface area contributed by atoms with Gasteiger partial charge in [-0.2, -0.15) is 0 Å². The van der Waals surface area contributed by atoms with Crippen molar-refractivity contribution in [1.29, 1.82) is 0 Å². The molecule has 0 N–H and O–H groups in total. The summed E-state index contributed by atoms with van der Waals surface area (Å²) in [5.41, 5.74) is 2.44. The molecule has 3 aliphatic rings. The summed E-state index contributed by atoms with van der Waals surface area (Å²) >= 11 is 0. The molecule has 1 unspecified atom stereocenters. The fraction of sp³-hybridized carbons (Fsp3) is 0.111. The van der Waals surface area contributed by atoms with E-state index in [-0.39, 0.29) is 0 Å². The van der Waals surface area contributed by atoms with Crippen LogP contribution in [0, 0.1) is 0 Å². The first-order valence-electron chi connectivity index (χ1n) is 10.6. The molecule has 4 aromatic carbocycles. The maximum Gasteiger partial charge on any atom is 0.279 e. The van der Waals surface area contributed by atoms with Crippen LogP contribution in [0.25, 0.3) is 16.8 Å². The van der Waals surface area contributed by atoms with Crippen molar-refractivity contribution in [3.05, 3.63) is 101 Å². The van der Waals surface area contributed by atoms with Crippen molar-refractivity contribution in [2.75, 3.05) is 11.4 Å². The summed E-state index contributed by atoms with van der Waals surface area (Å²) in [5, 5.41) is 4.26. The first-order chi connectivity index (χ1) is 15.3. The van der Waals surface area contributed by atoms with Crippen molar-refractivity contribution in [2.24, 2.45) is 9.98 Å². The van der Waals surface area contributed by atoms with Crippen molar-refractivity contribution in [2.45, 2.75) is 12.1 Å². The molecule has 0 aromatic heterocycles. The van der Waals surface area contributed by atoms with Gasteiger partial charge >= 0.3 is 0 Å². The minimum Gasteiger partial charge on any atom is -0.453 e. The molecule has 4 aromatic rings. The molecule has 4 nitrogen and oxygen atoms in total. The summed E-state index contributed by atoms with van der Waals surface area (Å²) in [6.07, 6.45) is 3.10. The largest absolute Gasteiger partial charge is 0.453 e. The van der Waals surface area contributed by atoms with E-state index in [1.54, 1.807) is 0 Å². The van der Waals surface area contributed by atoms with E-state index in [0.29, 0.717) is 0 Å². The lowest BCUT2D eigenvalue weighted by molar-refractivity contribution is 0.211. The Morgan fingerprint density at radius 1 is 0.839 bits per heavy atom. The quantitative estimate of drug-likeness (QED) is 0.444. The SMILES string of the molecule is C1=c2ccccc2=NC12Oc1ccc3ccccc3c1N=C2N1CCc2ccccc21. The van der Waals surface area contributed by atoms with Crippen molar-refractivity contribution in [1.82, 2.24) is 0 Å². The molecule has 0 saturated heterocycles. The molecule has 4 heteroatoms. The van der Waals surface area contributed by atoms with E-state index < -0.39 is 5.72 Å². The van der Waals surface area contributed by atoms with E-state index in [4.69, 9.17) is 14.7 Å².